The lowest BCUT2D eigenvalue weighted by atomic mass is 10.1. The summed E-state index contributed by atoms with van der Waals surface area (Å²) in [4.78, 5) is 34.3. The second-order valence-corrected chi connectivity index (χ2v) is 5.34. The van der Waals surface area contributed by atoms with Gasteiger partial charge in [0.05, 0.1) is 25.2 Å². The predicted molar refractivity (Wildman–Crippen MR) is 87.1 cm³/mol. The number of hydrogen-bond donors (Lipinski definition) is 2. The van der Waals surface area contributed by atoms with Crippen molar-refractivity contribution >= 4 is 29.4 Å². The summed E-state index contributed by atoms with van der Waals surface area (Å²) in [5.41, 5.74) is 0.638. The van der Waals surface area contributed by atoms with E-state index in [1.807, 2.05) is 0 Å². The lowest BCUT2D eigenvalue weighted by Gasteiger charge is -2.15. The van der Waals surface area contributed by atoms with Crippen LogP contribution >= 0.6 is 11.6 Å². The topological polar surface area (TPSA) is 102 Å². The van der Waals surface area contributed by atoms with Gasteiger partial charge in [-0.2, -0.15) is 0 Å². The number of nitrogens with one attached hydrogen (secondary N) is 1. The molecule has 1 atom stereocenters. The van der Waals surface area contributed by atoms with Gasteiger partial charge < -0.3 is 19.9 Å². The second kappa shape index (κ2) is 9.77. The minimum Gasteiger partial charge on any atom is -0.495 e. The fourth-order valence-electron chi connectivity index (χ4n) is 1.99. The number of benzene rings is 1. The summed E-state index contributed by atoms with van der Waals surface area (Å²) in [6, 6.07) is 3.76. The van der Waals surface area contributed by atoms with Gasteiger partial charge in [0.2, 0.25) is 5.91 Å². The molecular weight excluding hydrogens is 338 g/mol. The highest BCUT2D eigenvalue weighted by Gasteiger charge is 2.21. The first-order valence-electron chi connectivity index (χ1n) is 7.37. The van der Waals surface area contributed by atoms with Crippen LogP contribution in [0.1, 0.15) is 25.3 Å². The molecule has 132 valence electrons. The number of carbonyl (C=O) groups is 3. The maximum Gasteiger partial charge on any atom is 0.326 e. The van der Waals surface area contributed by atoms with Gasteiger partial charge in [-0.1, -0.05) is 17.7 Å². The first-order chi connectivity index (χ1) is 11.4. The summed E-state index contributed by atoms with van der Waals surface area (Å²) in [7, 11) is 1.48. The number of rotatable bonds is 9. The van der Waals surface area contributed by atoms with Gasteiger partial charge in [0.1, 0.15) is 11.8 Å². The molecule has 0 heterocycles. The monoisotopic (exact) mass is 357 g/mol. The van der Waals surface area contributed by atoms with Crippen molar-refractivity contribution in [1.29, 1.82) is 0 Å². The van der Waals surface area contributed by atoms with Crippen LogP contribution in [0.4, 0.5) is 0 Å². The number of carbonyl (C=O) groups excluding carboxylic acids is 2. The van der Waals surface area contributed by atoms with E-state index in [0.717, 1.165) is 0 Å². The molecule has 2 N–H and O–H groups in total. The van der Waals surface area contributed by atoms with Crippen LogP contribution in [0.3, 0.4) is 0 Å². The Morgan fingerprint density at radius 1 is 1.29 bits per heavy atom. The lowest BCUT2D eigenvalue weighted by Crippen LogP contribution is -2.42. The molecule has 7 nitrogen and oxygen atoms in total. The van der Waals surface area contributed by atoms with Crippen molar-refractivity contribution in [3.8, 4) is 5.75 Å². The van der Waals surface area contributed by atoms with Crippen molar-refractivity contribution in [3.63, 3.8) is 0 Å². The Labute approximate surface area is 144 Å². The third-order valence-corrected chi connectivity index (χ3v) is 3.45. The fourth-order valence-corrected chi connectivity index (χ4v) is 2.27. The maximum absolute atomic E-state index is 11.8. The molecule has 0 aliphatic carbocycles. The van der Waals surface area contributed by atoms with Gasteiger partial charge in [-0.25, -0.2) is 4.79 Å². The standard InChI is InChI=1S/C16H20ClNO6/c1-3-24-15(20)7-6-14(19)18-12(16(21)22)9-10-4-5-13(23-2)11(17)8-10/h4-5,8,12H,3,6-7,9H2,1-2H3,(H,18,19)(H,21,22)/t12-/m0/s1. The van der Waals surface area contributed by atoms with Crippen molar-refractivity contribution in [2.75, 3.05) is 13.7 Å². The highest BCUT2D eigenvalue weighted by Crippen LogP contribution is 2.25. The zero-order valence-corrected chi connectivity index (χ0v) is 14.3. The van der Waals surface area contributed by atoms with Gasteiger partial charge >= 0.3 is 11.9 Å². The number of halogens is 1. The fraction of sp³-hybridized carbons (Fsp3) is 0.438. The Morgan fingerprint density at radius 2 is 2.00 bits per heavy atom. The normalized spacial score (nSPS) is 11.5. The molecule has 0 saturated carbocycles. The van der Waals surface area contributed by atoms with Crippen LogP contribution in [0.15, 0.2) is 18.2 Å². The molecule has 1 rings (SSSR count). The van der Waals surface area contributed by atoms with Gasteiger partial charge in [0, 0.05) is 12.8 Å². The molecule has 0 aliphatic heterocycles. The highest BCUT2D eigenvalue weighted by molar-refractivity contribution is 6.32. The summed E-state index contributed by atoms with van der Waals surface area (Å²) in [5.74, 6) is -1.73. The van der Waals surface area contributed by atoms with E-state index in [2.05, 4.69) is 5.32 Å². The summed E-state index contributed by atoms with van der Waals surface area (Å²) >= 11 is 6.00. The molecule has 0 radical (unpaired) electrons. The van der Waals surface area contributed by atoms with E-state index in [1.165, 1.54) is 7.11 Å². The van der Waals surface area contributed by atoms with E-state index in [0.29, 0.717) is 16.3 Å². The van der Waals surface area contributed by atoms with Gasteiger partial charge in [0.15, 0.2) is 0 Å². The smallest absolute Gasteiger partial charge is 0.326 e. The number of carboxylic acids is 1. The molecule has 0 saturated heterocycles. The molecule has 0 spiro atoms. The number of amides is 1. The van der Waals surface area contributed by atoms with Gasteiger partial charge in [0.25, 0.3) is 0 Å². The number of esters is 1. The van der Waals surface area contributed by atoms with Crippen LogP contribution in [0, 0.1) is 0 Å². The Bertz CT molecular complexity index is 604. The molecule has 0 aromatic heterocycles. The zero-order chi connectivity index (χ0) is 18.1. The Morgan fingerprint density at radius 3 is 2.54 bits per heavy atom. The number of hydrogen-bond acceptors (Lipinski definition) is 5. The van der Waals surface area contributed by atoms with Crippen LogP contribution in [0.25, 0.3) is 0 Å². The minimum atomic E-state index is -1.17. The number of carboxylic acid groups (broad SMARTS) is 1. The van der Waals surface area contributed by atoms with E-state index in [-0.39, 0.29) is 25.9 Å². The minimum absolute atomic E-state index is 0.0597. The first-order valence-corrected chi connectivity index (χ1v) is 7.75. The molecule has 24 heavy (non-hydrogen) atoms. The van der Waals surface area contributed by atoms with Crippen molar-refractivity contribution < 1.29 is 29.0 Å². The molecular formula is C16H20ClNO6. The quantitative estimate of drug-likeness (QED) is 0.653. The summed E-state index contributed by atoms with van der Waals surface area (Å²) in [6.07, 6.45) is -0.170. The van der Waals surface area contributed by atoms with E-state index in [4.69, 9.17) is 21.1 Å². The molecule has 8 heteroatoms. The number of aliphatic carboxylic acids is 1. The van der Waals surface area contributed by atoms with Crippen LogP contribution in [-0.2, 0) is 25.5 Å². The maximum atomic E-state index is 11.8. The molecule has 0 bridgehead atoms. The van der Waals surface area contributed by atoms with E-state index >= 15 is 0 Å². The van der Waals surface area contributed by atoms with Gasteiger partial charge in [-0.3, -0.25) is 9.59 Å². The molecule has 0 aliphatic rings. The van der Waals surface area contributed by atoms with E-state index in [1.54, 1.807) is 25.1 Å². The molecule has 1 aromatic carbocycles. The average Bonchev–Trinajstić information content (AvgIpc) is 2.52. The Balaban J connectivity index is 2.64. The number of ether oxygens (including phenoxy) is 2. The van der Waals surface area contributed by atoms with Gasteiger partial charge in [-0.15, -0.1) is 0 Å². The molecule has 0 fully saturated rings. The van der Waals surface area contributed by atoms with E-state index < -0.39 is 23.9 Å². The largest absolute Gasteiger partial charge is 0.495 e. The third kappa shape index (κ3) is 6.45. The zero-order valence-electron chi connectivity index (χ0n) is 13.5. The summed E-state index contributed by atoms with van der Waals surface area (Å²) in [5, 5.41) is 12.0. The predicted octanol–water partition coefficient (Wildman–Crippen LogP) is 1.80. The highest BCUT2D eigenvalue weighted by atomic mass is 35.5. The SMILES string of the molecule is CCOC(=O)CCC(=O)N[C@@H](Cc1ccc(OC)c(Cl)c1)C(=O)O. The van der Waals surface area contributed by atoms with Gasteiger partial charge in [-0.05, 0) is 24.6 Å². The lowest BCUT2D eigenvalue weighted by molar-refractivity contribution is -0.144. The van der Waals surface area contributed by atoms with Crippen molar-refractivity contribution in [2.45, 2.75) is 32.2 Å². The van der Waals surface area contributed by atoms with Crippen LogP contribution in [-0.4, -0.2) is 42.7 Å². The molecule has 1 amide bonds. The number of methoxy groups -OCH3 is 1. The van der Waals surface area contributed by atoms with Crippen molar-refractivity contribution in [1.82, 2.24) is 5.32 Å². The Kier molecular flexibility index (Phi) is 8.05. The van der Waals surface area contributed by atoms with Crippen LogP contribution in [0.2, 0.25) is 5.02 Å². The Hall–Kier alpha value is -2.28. The first kappa shape index (κ1) is 19.8. The summed E-state index contributed by atoms with van der Waals surface area (Å²) in [6.45, 7) is 1.90. The van der Waals surface area contributed by atoms with Crippen molar-refractivity contribution in [2.24, 2.45) is 0 Å². The average molecular weight is 358 g/mol. The molecule has 1 aromatic rings. The third-order valence-electron chi connectivity index (χ3n) is 3.15. The van der Waals surface area contributed by atoms with Crippen molar-refractivity contribution in [3.05, 3.63) is 28.8 Å². The van der Waals surface area contributed by atoms with E-state index in [9.17, 15) is 19.5 Å². The van der Waals surface area contributed by atoms with Crippen LogP contribution in [0.5, 0.6) is 5.75 Å². The van der Waals surface area contributed by atoms with Crippen LogP contribution < -0.4 is 10.1 Å². The second-order valence-electron chi connectivity index (χ2n) is 4.94. The molecule has 0 unspecified atom stereocenters. The summed E-state index contributed by atoms with van der Waals surface area (Å²) < 4.78 is 9.74.